The third-order valence-corrected chi connectivity index (χ3v) is 3.76. The number of methoxy groups -OCH3 is 1. The Morgan fingerprint density at radius 2 is 2.47 bits per heavy atom. The monoisotopic (exact) mass is 264 g/mol. The molecule has 1 aromatic heterocycles. The summed E-state index contributed by atoms with van der Waals surface area (Å²) in [5.41, 5.74) is 1.14. The van der Waals surface area contributed by atoms with E-state index in [1.807, 2.05) is 13.1 Å². The van der Waals surface area contributed by atoms with Crippen molar-refractivity contribution in [3.8, 4) is 5.88 Å². The van der Waals surface area contributed by atoms with Gasteiger partial charge in [-0.2, -0.15) is 0 Å². The predicted molar refractivity (Wildman–Crippen MR) is 75.4 cm³/mol. The highest BCUT2D eigenvalue weighted by molar-refractivity contribution is 5.28. The molecule has 1 N–H and O–H groups in total. The quantitative estimate of drug-likeness (QED) is 0.822. The molecule has 0 aromatic carbocycles. The lowest BCUT2D eigenvalue weighted by atomic mass is 10.00. The molecule has 1 saturated heterocycles. The second-order valence-corrected chi connectivity index (χ2v) is 5.01. The molecule has 0 amide bonds. The van der Waals surface area contributed by atoms with E-state index in [1.165, 1.54) is 12.8 Å². The van der Waals surface area contributed by atoms with Crippen LogP contribution in [0.1, 0.15) is 43.7 Å². The molecule has 0 radical (unpaired) electrons. The Morgan fingerprint density at radius 1 is 1.58 bits per heavy atom. The molecule has 2 heterocycles. The van der Waals surface area contributed by atoms with Gasteiger partial charge in [0.25, 0.3) is 0 Å². The van der Waals surface area contributed by atoms with Crippen LogP contribution in [-0.2, 0) is 4.74 Å². The van der Waals surface area contributed by atoms with Gasteiger partial charge in [-0.1, -0.05) is 6.07 Å². The number of hydrogen-bond acceptors (Lipinski definition) is 4. The Kier molecular flexibility index (Phi) is 5.61. The smallest absolute Gasteiger partial charge is 0.217 e. The third kappa shape index (κ3) is 3.91. The highest BCUT2D eigenvalue weighted by Gasteiger charge is 2.18. The van der Waals surface area contributed by atoms with Crippen LogP contribution in [0, 0.1) is 0 Å². The van der Waals surface area contributed by atoms with Crippen molar-refractivity contribution < 1.29 is 9.47 Å². The van der Waals surface area contributed by atoms with Gasteiger partial charge in [-0.3, -0.25) is 0 Å². The molecule has 1 fully saturated rings. The number of ether oxygens (including phenoxy) is 2. The molecule has 19 heavy (non-hydrogen) atoms. The number of rotatable bonds is 7. The molecule has 4 nitrogen and oxygen atoms in total. The molecule has 106 valence electrons. The minimum atomic E-state index is 0.296. The van der Waals surface area contributed by atoms with E-state index in [0.29, 0.717) is 12.1 Å². The second kappa shape index (κ2) is 7.46. The van der Waals surface area contributed by atoms with Crippen molar-refractivity contribution in [3.05, 3.63) is 23.9 Å². The first kappa shape index (κ1) is 14.3. The molecule has 0 saturated carbocycles. The Labute approximate surface area is 115 Å². The van der Waals surface area contributed by atoms with Gasteiger partial charge >= 0.3 is 0 Å². The van der Waals surface area contributed by atoms with Gasteiger partial charge in [-0.15, -0.1) is 0 Å². The van der Waals surface area contributed by atoms with Crippen molar-refractivity contribution in [2.24, 2.45) is 0 Å². The SMILES string of the molecule is CNC(CCCC1CCCO1)c1cccnc1OC. The summed E-state index contributed by atoms with van der Waals surface area (Å²) in [5.74, 6) is 0.721. The largest absolute Gasteiger partial charge is 0.481 e. The highest BCUT2D eigenvalue weighted by atomic mass is 16.5. The molecular weight excluding hydrogens is 240 g/mol. The first-order chi connectivity index (χ1) is 9.35. The molecule has 2 rings (SSSR count). The summed E-state index contributed by atoms with van der Waals surface area (Å²) in [6, 6.07) is 4.34. The van der Waals surface area contributed by atoms with Gasteiger partial charge in [0, 0.05) is 24.4 Å². The minimum Gasteiger partial charge on any atom is -0.481 e. The van der Waals surface area contributed by atoms with Crippen LogP contribution in [0.4, 0.5) is 0 Å². The number of pyridine rings is 1. The van der Waals surface area contributed by atoms with Crippen molar-refractivity contribution >= 4 is 0 Å². The highest BCUT2D eigenvalue weighted by Crippen LogP contribution is 2.27. The van der Waals surface area contributed by atoms with Gasteiger partial charge in [0.2, 0.25) is 5.88 Å². The molecule has 4 heteroatoms. The topological polar surface area (TPSA) is 43.4 Å². The van der Waals surface area contributed by atoms with E-state index in [2.05, 4.69) is 16.4 Å². The van der Waals surface area contributed by atoms with Gasteiger partial charge in [0.05, 0.1) is 13.2 Å². The van der Waals surface area contributed by atoms with Crippen molar-refractivity contribution in [3.63, 3.8) is 0 Å². The van der Waals surface area contributed by atoms with Crippen LogP contribution in [0.25, 0.3) is 0 Å². The van der Waals surface area contributed by atoms with Gasteiger partial charge in [0.15, 0.2) is 0 Å². The molecule has 1 aliphatic heterocycles. The molecule has 0 spiro atoms. The summed E-state index contributed by atoms with van der Waals surface area (Å²) in [6.45, 7) is 0.941. The Morgan fingerprint density at radius 3 is 3.16 bits per heavy atom. The van der Waals surface area contributed by atoms with E-state index in [4.69, 9.17) is 9.47 Å². The summed E-state index contributed by atoms with van der Waals surface area (Å²) < 4.78 is 11.0. The van der Waals surface area contributed by atoms with E-state index < -0.39 is 0 Å². The minimum absolute atomic E-state index is 0.296. The van der Waals surface area contributed by atoms with Crippen LogP contribution in [0.3, 0.4) is 0 Å². The number of hydrogen-bond donors (Lipinski definition) is 1. The van der Waals surface area contributed by atoms with E-state index in [0.717, 1.165) is 37.3 Å². The zero-order valence-corrected chi connectivity index (χ0v) is 11.9. The zero-order chi connectivity index (χ0) is 13.5. The molecule has 2 unspecified atom stereocenters. The normalized spacial score (nSPS) is 20.4. The molecule has 1 aromatic rings. The van der Waals surface area contributed by atoms with Crippen LogP contribution in [0.15, 0.2) is 18.3 Å². The van der Waals surface area contributed by atoms with Crippen LogP contribution < -0.4 is 10.1 Å². The number of nitrogens with one attached hydrogen (secondary N) is 1. The molecule has 0 bridgehead atoms. The average molecular weight is 264 g/mol. The van der Waals surface area contributed by atoms with Crippen molar-refractivity contribution in [2.75, 3.05) is 20.8 Å². The lowest BCUT2D eigenvalue weighted by Gasteiger charge is -2.19. The van der Waals surface area contributed by atoms with E-state index in [1.54, 1.807) is 13.3 Å². The van der Waals surface area contributed by atoms with Crippen molar-refractivity contribution in [1.82, 2.24) is 10.3 Å². The summed E-state index contributed by atoms with van der Waals surface area (Å²) in [5, 5.41) is 3.36. The maximum Gasteiger partial charge on any atom is 0.217 e. The van der Waals surface area contributed by atoms with Crippen LogP contribution >= 0.6 is 0 Å². The average Bonchev–Trinajstić information content (AvgIpc) is 2.97. The van der Waals surface area contributed by atoms with Gasteiger partial charge in [-0.05, 0) is 45.2 Å². The molecule has 1 aliphatic rings. The first-order valence-electron chi connectivity index (χ1n) is 7.13. The predicted octanol–water partition coefficient (Wildman–Crippen LogP) is 2.70. The van der Waals surface area contributed by atoms with Crippen molar-refractivity contribution in [2.45, 2.75) is 44.2 Å². The third-order valence-electron chi connectivity index (χ3n) is 3.76. The van der Waals surface area contributed by atoms with Gasteiger partial charge < -0.3 is 14.8 Å². The Hall–Kier alpha value is -1.13. The summed E-state index contributed by atoms with van der Waals surface area (Å²) in [6.07, 6.45) is 8.08. The number of aromatic nitrogens is 1. The molecular formula is C15H24N2O2. The second-order valence-electron chi connectivity index (χ2n) is 5.01. The summed E-state index contributed by atoms with van der Waals surface area (Å²) in [7, 11) is 3.66. The lowest BCUT2D eigenvalue weighted by Crippen LogP contribution is -2.18. The van der Waals surface area contributed by atoms with Crippen LogP contribution in [0.5, 0.6) is 5.88 Å². The van der Waals surface area contributed by atoms with Crippen molar-refractivity contribution in [1.29, 1.82) is 0 Å². The standard InChI is InChI=1S/C15H24N2O2/c1-16-14(9-3-6-12-7-5-11-19-12)13-8-4-10-17-15(13)18-2/h4,8,10,12,14,16H,3,5-7,9,11H2,1-2H3. The van der Waals surface area contributed by atoms with Gasteiger partial charge in [-0.25, -0.2) is 4.98 Å². The molecule has 2 atom stereocenters. The number of nitrogens with zero attached hydrogens (tertiary/aromatic N) is 1. The summed E-state index contributed by atoms with van der Waals surface area (Å²) in [4.78, 5) is 4.26. The van der Waals surface area contributed by atoms with E-state index >= 15 is 0 Å². The van der Waals surface area contributed by atoms with Crippen LogP contribution in [-0.4, -0.2) is 31.9 Å². The Balaban J connectivity index is 1.88. The van der Waals surface area contributed by atoms with Gasteiger partial charge in [0.1, 0.15) is 0 Å². The first-order valence-corrected chi connectivity index (χ1v) is 7.13. The Bertz CT molecular complexity index is 378. The van der Waals surface area contributed by atoms with Crippen LogP contribution in [0.2, 0.25) is 0 Å². The fourth-order valence-corrected chi connectivity index (χ4v) is 2.72. The fraction of sp³-hybridized carbons (Fsp3) is 0.667. The molecule has 0 aliphatic carbocycles. The maximum absolute atomic E-state index is 5.66. The fourth-order valence-electron chi connectivity index (χ4n) is 2.72. The summed E-state index contributed by atoms with van der Waals surface area (Å²) >= 11 is 0. The van der Waals surface area contributed by atoms with E-state index in [9.17, 15) is 0 Å². The zero-order valence-electron chi connectivity index (χ0n) is 11.9. The van der Waals surface area contributed by atoms with E-state index in [-0.39, 0.29) is 0 Å². The lowest BCUT2D eigenvalue weighted by molar-refractivity contribution is 0.101. The maximum atomic E-state index is 5.66.